The lowest BCUT2D eigenvalue weighted by molar-refractivity contribution is -0.136. The lowest BCUT2D eigenvalue weighted by atomic mass is 9.88. The highest BCUT2D eigenvalue weighted by Crippen LogP contribution is 2.21. The molecule has 4 heteroatoms. The molecule has 0 spiro atoms. The molecule has 4 nitrogen and oxygen atoms in total. The first kappa shape index (κ1) is 12.5. The number of methoxy groups -OCH3 is 1. The largest absolute Gasteiger partial charge is 0.375 e. The second-order valence-electron chi connectivity index (χ2n) is 4.89. The van der Waals surface area contributed by atoms with Gasteiger partial charge in [-0.2, -0.15) is 0 Å². The van der Waals surface area contributed by atoms with Crippen LogP contribution < -0.4 is 5.32 Å². The van der Waals surface area contributed by atoms with Crippen LogP contribution in [0.4, 0.5) is 0 Å². The summed E-state index contributed by atoms with van der Waals surface area (Å²) in [6.07, 6.45) is 2.02. The number of piperidine rings is 1. The minimum atomic E-state index is 0.0696. The lowest BCUT2D eigenvalue weighted by Gasteiger charge is -2.40. The molecule has 1 atom stereocenters. The average molecular weight is 214 g/mol. The molecule has 1 fully saturated rings. The van der Waals surface area contributed by atoms with Crippen molar-refractivity contribution < 1.29 is 9.53 Å². The van der Waals surface area contributed by atoms with E-state index in [1.165, 1.54) is 0 Å². The van der Waals surface area contributed by atoms with E-state index in [2.05, 4.69) is 19.2 Å². The molecule has 0 saturated carbocycles. The third kappa shape index (κ3) is 3.47. The fourth-order valence-corrected chi connectivity index (χ4v) is 2.10. The van der Waals surface area contributed by atoms with Gasteiger partial charge in [-0.3, -0.25) is 4.79 Å². The van der Waals surface area contributed by atoms with Crippen molar-refractivity contribution in [2.75, 3.05) is 27.3 Å². The Morgan fingerprint density at radius 3 is 2.80 bits per heavy atom. The zero-order valence-corrected chi connectivity index (χ0v) is 10.2. The number of hydrogen-bond donors (Lipinski definition) is 1. The maximum atomic E-state index is 11.6. The summed E-state index contributed by atoms with van der Waals surface area (Å²) in [5, 5.41) is 3.44. The monoisotopic (exact) mass is 214 g/mol. The molecular formula is C11H22N2O2. The van der Waals surface area contributed by atoms with E-state index < -0.39 is 0 Å². The Labute approximate surface area is 92.0 Å². The van der Waals surface area contributed by atoms with Crippen LogP contribution in [0.15, 0.2) is 0 Å². The molecule has 0 aliphatic carbocycles. The van der Waals surface area contributed by atoms with E-state index in [0.29, 0.717) is 6.04 Å². The molecule has 0 aromatic heterocycles. The number of carbonyl (C=O) groups excluding carboxylic acids is 1. The number of ether oxygens (including phenoxy) is 1. The summed E-state index contributed by atoms with van der Waals surface area (Å²) in [5.41, 5.74) is 0.129. The quantitative estimate of drug-likeness (QED) is 0.749. The molecule has 1 aliphatic heterocycles. The van der Waals surface area contributed by atoms with E-state index in [-0.39, 0.29) is 18.1 Å². The van der Waals surface area contributed by atoms with Crippen LogP contribution >= 0.6 is 0 Å². The Morgan fingerprint density at radius 2 is 2.27 bits per heavy atom. The first-order valence-electron chi connectivity index (χ1n) is 5.46. The minimum absolute atomic E-state index is 0.0696. The van der Waals surface area contributed by atoms with Gasteiger partial charge in [-0.05, 0) is 33.2 Å². The SMILES string of the molecule is COCC(=O)N(C)C1CCNC(C)(C)C1. The molecule has 0 aromatic carbocycles. The highest BCUT2D eigenvalue weighted by Gasteiger charge is 2.31. The topological polar surface area (TPSA) is 41.6 Å². The Balaban J connectivity index is 2.52. The number of likely N-dealkylation sites (N-methyl/N-ethyl adjacent to an activating group) is 1. The van der Waals surface area contributed by atoms with Crippen LogP contribution in [-0.2, 0) is 9.53 Å². The third-order valence-corrected chi connectivity index (χ3v) is 3.04. The number of carbonyl (C=O) groups is 1. The van der Waals surface area contributed by atoms with Crippen molar-refractivity contribution in [1.82, 2.24) is 10.2 Å². The first-order valence-corrected chi connectivity index (χ1v) is 5.46. The third-order valence-electron chi connectivity index (χ3n) is 3.04. The van der Waals surface area contributed by atoms with Gasteiger partial charge >= 0.3 is 0 Å². The Morgan fingerprint density at radius 1 is 1.60 bits per heavy atom. The number of amides is 1. The highest BCUT2D eigenvalue weighted by atomic mass is 16.5. The van der Waals surface area contributed by atoms with Gasteiger partial charge in [0.25, 0.3) is 0 Å². The molecular weight excluding hydrogens is 192 g/mol. The standard InChI is InChI=1S/C11H22N2O2/c1-11(2)7-9(5-6-12-11)13(3)10(14)8-15-4/h9,12H,5-8H2,1-4H3. The number of hydrogen-bond acceptors (Lipinski definition) is 3. The van der Waals surface area contributed by atoms with Gasteiger partial charge < -0.3 is 15.0 Å². The molecule has 1 amide bonds. The van der Waals surface area contributed by atoms with Crippen molar-refractivity contribution >= 4 is 5.91 Å². The van der Waals surface area contributed by atoms with Crippen molar-refractivity contribution in [1.29, 1.82) is 0 Å². The molecule has 1 N–H and O–H groups in total. The average Bonchev–Trinajstić information content (AvgIpc) is 2.15. The van der Waals surface area contributed by atoms with Crippen LogP contribution in [-0.4, -0.2) is 49.7 Å². The van der Waals surface area contributed by atoms with Crippen LogP contribution in [0, 0.1) is 0 Å². The van der Waals surface area contributed by atoms with Crippen LogP contribution in [0.5, 0.6) is 0 Å². The van der Waals surface area contributed by atoms with Gasteiger partial charge in [0.1, 0.15) is 6.61 Å². The highest BCUT2D eigenvalue weighted by molar-refractivity contribution is 5.77. The van der Waals surface area contributed by atoms with Gasteiger partial charge in [-0.25, -0.2) is 0 Å². The first-order chi connectivity index (χ1) is 6.96. The lowest BCUT2D eigenvalue weighted by Crippen LogP contribution is -2.53. The molecule has 1 rings (SSSR count). The second kappa shape index (κ2) is 4.94. The minimum Gasteiger partial charge on any atom is -0.375 e. The Kier molecular flexibility index (Phi) is 4.11. The van der Waals surface area contributed by atoms with Crippen molar-refractivity contribution in [2.45, 2.75) is 38.3 Å². The Bertz CT molecular complexity index is 229. The molecule has 0 bridgehead atoms. The zero-order valence-electron chi connectivity index (χ0n) is 10.2. The molecule has 1 aliphatic rings. The molecule has 1 saturated heterocycles. The predicted octanol–water partition coefficient (Wildman–Crippen LogP) is 0.622. The van der Waals surface area contributed by atoms with Gasteiger partial charge in [0.15, 0.2) is 0 Å². The number of nitrogens with zero attached hydrogens (tertiary/aromatic N) is 1. The Hall–Kier alpha value is -0.610. The zero-order chi connectivity index (χ0) is 11.5. The van der Waals surface area contributed by atoms with Crippen LogP contribution in [0.25, 0.3) is 0 Å². The van der Waals surface area contributed by atoms with E-state index in [1.807, 2.05) is 11.9 Å². The van der Waals surface area contributed by atoms with Gasteiger partial charge in [-0.15, -0.1) is 0 Å². The smallest absolute Gasteiger partial charge is 0.248 e. The van der Waals surface area contributed by atoms with Crippen LogP contribution in [0.2, 0.25) is 0 Å². The van der Waals surface area contributed by atoms with Gasteiger partial charge in [0, 0.05) is 25.7 Å². The summed E-state index contributed by atoms with van der Waals surface area (Å²) in [7, 11) is 3.42. The van der Waals surface area contributed by atoms with E-state index in [4.69, 9.17) is 4.74 Å². The van der Waals surface area contributed by atoms with E-state index in [1.54, 1.807) is 7.11 Å². The molecule has 15 heavy (non-hydrogen) atoms. The fourth-order valence-electron chi connectivity index (χ4n) is 2.10. The molecule has 88 valence electrons. The normalized spacial score (nSPS) is 24.9. The summed E-state index contributed by atoms with van der Waals surface area (Å²) >= 11 is 0. The van der Waals surface area contributed by atoms with Crippen molar-refractivity contribution in [3.63, 3.8) is 0 Å². The summed E-state index contributed by atoms with van der Waals surface area (Å²) in [6, 6.07) is 0.337. The van der Waals surface area contributed by atoms with Crippen molar-refractivity contribution in [2.24, 2.45) is 0 Å². The number of rotatable bonds is 3. The van der Waals surface area contributed by atoms with E-state index in [9.17, 15) is 4.79 Å². The molecule has 1 unspecified atom stereocenters. The van der Waals surface area contributed by atoms with Gasteiger partial charge in [-0.1, -0.05) is 0 Å². The maximum Gasteiger partial charge on any atom is 0.248 e. The van der Waals surface area contributed by atoms with Crippen molar-refractivity contribution in [3.8, 4) is 0 Å². The fraction of sp³-hybridized carbons (Fsp3) is 0.909. The maximum absolute atomic E-state index is 11.6. The molecule has 0 aromatic rings. The van der Waals surface area contributed by atoms with Gasteiger partial charge in [0.05, 0.1) is 0 Å². The summed E-state index contributed by atoms with van der Waals surface area (Å²) < 4.78 is 4.86. The van der Waals surface area contributed by atoms with Gasteiger partial charge in [0.2, 0.25) is 5.91 Å². The van der Waals surface area contributed by atoms with Crippen molar-refractivity contribution in [3.05, 3.63) is 0 Å². The molecule has 0 radical (unpaired) electrons. The predicted molar refractivity (Wildman–Crippen MR) is 59.7 cm³/mol. The van der Waals surface area contributed by atoms with Crippen LogP contribution in [0.1, 0.15) is 26.7 Å². The summed E-state index contributed by atoms with van der Waals surface area (Å²) in [5.74, 6) is 0.0696. The summed E-state index contributed by atoms with van der Waals surface area (Å²) in [6.45, 7) is 5.50. The number of nitrogens with one attached hydrogen (secondary N) is 1. The van der Waals surface area contributed by atoms with E-state index in [0.717, 1.165) is 19.4 Å². The van der Waals surface area contributed by atoms with E-state index >= 15 is 0 Å². The van der Waals surface area contributed by atoms with Crippen LogP contribution in [0.3, 0.4) is 0 Å². The second-order valence-corrected chi connectivity index (χ2v) is 4.89. The summed E-state index contributed by atoms with van der Waals surface area (Å²) in [4.78, 5) is 13.5. The molecule has 1 heterocycles.